The predicted molar refractivity (Wildman–Crippen MR) is 135 cm³/mol. The molecule has 188 valence electrons. The lowest BCUT2D eigenvalue weighted by Gasteiger charge is -2.20. The van der Waals surface area contributed by atoms with Crippen LogP contribution in [-0.2, 0) is 10.3 Å². The molecule has 1 unspecified atom stereocenters. The molecular formula is C27H26N6O4. The van der Waals surface area contributed by atoms with E-state index in [1.54, 1.807) is 18.3 Å². The van der Waals surface area contributed by atoms with Gasteiger partial charge in [-0.15, -0.1) is 10.2 Å². The molecule has 1 saturated carbocycles. The second-order valence-electron chi connectivity index (χ2n) is 9.75. The largest absolute Gasteiger partial charge is 0.451 e. The Labute approximate surface area is 213 Å². The molecule has 1 aliphatic carbocycles. The molecule has 2 aromatic heterocycles. The van der Waals surface area contributed by atoms with Gasteiger partial charge in [0, 0.05) is 23.4 Å². The van der Waals surface area contributed by atoms with E-state index in [2.05, 4.69) is 25.8 Å². The third-order valence-corrected chi connectivity index (χ3v) is 6.57. The van der Waals surface area contributed by atoms with Gasteiger partial charge in [0.25, 0.3) is 5.89 Å². The van der Waals surface area contributed by atoms with Gasteiger partial charge in [-0.2, -0.15) is 4.98 Å². The first kappa shape index (κ1) is 23.1. The van der Waals surface area contributed by atoms with Crippen LogP contribution in [0.5, 0.6) is 0 Å². The standard InChI is InChI=1S/C27H26N6O4/c1-27(2)20-12-17(10-11-18(20)25(35)37-27)29-26-28-13-19(24-33-32-23(36-24)16-8-9-16)22(31-26)30-21(14-34)15-6-4-3-5-7-15/h3-7,10-13,16,21,34H,8-9,14H2,1-2H3,(H2,28,29,30,31). The van der Waals surface area contributed by atoms with E-state index < -0.39 is 11.6 Å². The molecule has 3 N–H and O–H groups in total. The number of anilines is 3. The van der Waals surface area contributed by atoms with E-state index in [9.17, 15) is 9.90 Å². The molecule has 0 saturated heterocycles. The number of hydrogen-bond acceptors (Lipinski definition) is 10. The lowest BCUT2D eigenvalue weighted by molar-refractivity contribution is 0.00954. The Bertz CT molecular complexity index is 1470. The van der Waals surface area contributed by atoms with Crippen molar-refractivity contribution in [3.05, 3.63) is 77.3 Å². The van der Waals surface area contributed by atoms with Crippen LogP contribution in [0, 0.1) is 0 Å². The zero-order chi connectivity index (χ0) is 25.6. The van der Waals surface area contributed by atoms with Crippen molar-refractivity contribution < 1.29 is 19.1 Å². The average molecular weight is 499 g/mol. The minimum Gasteiger partial charge on any atom is -0.451 e. The lowest BCUT2D eigenvalue weighted by atomic mass is 9.95. The molecule has 2 aromatic carbocycles. The maximum absolute atomic E-state index is 12.1. The van der Waals surface area contributed by atoms with Gasteiger partial charge in [0.2, 0.25) is 11.8 Å². The number of aromatic nitrogens is 4. The predicted octanol–water partition coefficient (Wildman–Crippen LogP) is 4.70. The summed E-state index contributed by atoms with van der Waals surface area (Å²) in [5.41, 5.74) is 2.76. The molecule has 0 amide bonds. The second kappa shape index (κ2) is 8.97. The summed E-state index contributed by atoms with van der Waals surface area (Å²) in [6.07, 6.45) is 3.70. The summed E-state index contributed by atoms with van der Waals surface area (Å²) >= 11 is 0. The van der Waals surface area contributed by atoms with E-state index in [4.69, 9.17) is 14.1 Å². The number of ether oxygens (including phenoxy) is 1. The van der Waals surface area contributed by atoms with Crippen LogP contribution in [0.15, 0.2) is 59.1 Å². The smallest absolute Gasteiger partial charge is 0.339 e. The number of esters is 1. The number of nitrogens with one attached hydrogen (secondary N) is 2. The van der Waals surface area contributed by atoms with Crippen LogP contribution < -0.4 is 10.6 Å². The number of nitrogens with zero attached hydrogens (tertiary/aromatic N) is 4. The van der Waals surface area contributed by atoms with Crippen molar-refractivity contribution in [2.24, 2.45) is 0 Å². The highest BCUT2D eigenvalue weighted by molar-refractivity contribution is 5.95. The van der Waals surface area contributed by atoms with Crippen LogP contribution in [0.25, 0.3) is 11.5 Å². The molecule has 0 bridgehead atoms. The molecule has 0 spiro atoms. The molecular weight excluding hydrogens is 472 g/mol. The number of hydrogen-bond donors (Lipinski definition) is 3. The lowest BCUT2D eigenvalue weighted by Crippen LogP contribution is -2.17. The number of rotatable bonds is 8. The molecule has 1 fully saturated rings. The van der Waals surface area contributed by atoms with E-state index >= 15 is 0 Å². The number of benzene rings is 2. The number of fused-ring (bicyclic) bond motifs is 1. The van der Waals surface area contributed by atoms with Gasteiger partial charge in [0.15, 0.2) is 0 Å². The first-order valence-electron chi connectivity index (χ1n) is 12.2. The molecule has 1 aliphatic heterocycles. The van der Waals surface area contributed by atoms with Crippen LogP contribution in [-0.4, -0.2) is 37.8 Å². The normalized spacial score (nSPS) is 16.7. The maximum Gasteiger partial charge on any atom is 0.339 e. The Hall–Kier alpha value is -4.31. The summed E-state index contributed by atoms with van der Waals surface area (Å²) in [6, 6.07) is 14.6. The fraction of sp³-hybridized carbons (Fsp3) is 0.296. The number of aliphatic hydroxyl groups is 1. The third kappa shape index (κ3) is 4.51. The second-order valence-corrected chi connectivity index (χ2v) is 9.75. The highest BCUT2D eigenvalue weighted by atomic mass is 16.6. The first-order chi connectivity index (χ1) is 17.9. The van der Waals surface area contributed by atoms with Crippen molar-refractivity contribution in [2.75, 3.05) is 17.2 Å². The minimum absolute atomic E-state index is 0.151. The number of carbonyl (C=O) groups excluding carboxylic acids is 1. The van der Waals surface area contributed by atoms with Gasteiger partial charge in [0.1, 0.15) is 11.4 Å². The Balaban J connectivity index is 1.35. The summed E-state index contributed by atoms with van der Waals surface area (Å²) in [7, 11) is 0. The van der Waals surface area contributed by atoms with Crippen LogP contribution >= 0.6 is 0 Å². The first-order valence-corrected chi connectivity index (χ1v) is 12.2. The molecule has 4 aromatic rings. The highest BCUT2D eigenvalue weighted by Gasteiger charge is 2.37. The van der Waals surface area contributed by atoms with E-state index in [1.807, 2.05) is 50.2 Å². The van der Waals surface area contributed by atoms with E-state index in [0.717, 1.165) is 24.0 Å². The van der Waals surface area contributed by atoms with Crippen LogP contribution in [0.3, 0.4) is 0 Å². The van der Waals surface area contributed by atoms with Crippen LogP contribution in [0.2, 0.25) is 0 Å². The average Bonchev–Trinajstić information content (AvgIpc) is 3.58. The van der Waals surface area contributed by atoms with Gasteiger partial charge in [-0.25, -0.2) is 9.78 Å². The summed E-state index contributed by atoms with van der Waals surface area (Å²) in [6.45, 7) is 3.56. The Kier molecular flexibility index (Phi) is 5.60. The Morgan fingerprint density at radius 1 is 1.11 bits per heavy atom. The summed E-state index contributed by atoms with van der Waals surface area (Å²) < 4.78 is 11.4. The van der Waals surface area contributed by atoms with Crippen molar-refractivity contribution >= 4 is 23.4 Å². The van der Waals surface area contributed by atoms with E-state index in [0.29, 0.717) is 46.3 Å². The molecule has 2 aliphatic rings. The van der Waals surface area contributed by atoms with Gasteiger partial charge >= 0.3 is 5.97 Å². The van der Waals surface area contributed by atoms with E-state index in [-0.39, 0.29) is 12.6 Å². The molecule has 3 heterocycles. The SMILES string of the molecule is CC1(C)OC(=O)c2ccc(Nc3ncc(-c4nnc(C5CC5)o4)c(NC(CO)c4ccccc4)n3)cc21. The van der Waals surface area contributed by atoms with Gasteiger partial charge < -0.3 is 24.9 Å². The van der Waals surface area contributed by atoms with Gasteiger partial charge in [-0.3, -0.25) is 0 Å². The van der Waals surface area contributed by atoms with Gasteiger partial charge in [-0.05, 0) is 50.5 Å². The van der Waals surface area contributed by atoms with Crippen molar-refractivity contribution in [2.45, 2.75) is 44.2 Å². The zero-order valence-corrected chi connectivity index (χ0v) is 20.4. The van der Waals surface area contributed by atoms with Crippen LogP contribution in [0.4, 0.5) is 17.5 Å². The third-order valence-electron chi connectivity index (χ3n) is 6.57. The summed E-state index contributed by atoms with van der Waals surface area (Å²) in [5.74, 6) is 1.67. The fourth-order valence-electron chi connectivity index (χ4n) is 4.40. The number of carbonyl (C=O) groups is 1. The maximum atomic E-state index is 12.1. The fourth-order valence-corrected chi connectivity index (χ4v) is 4.40. The monoisotopic (exact) mass is 498 g/mol. The van der Waals surface area contributed by atoms with E-state index in [1.165, 1.54) is 0 Å². The minimum atomic E-state index is -0.719. The Morgan fingerprint density at radius 3 is 2.68 bits per heavy atom. The number of aliphatic hydroxyl groups excluding tert-OH is 1. The van der Waals surface area contributed by atoms with Gasteiger partial charge in [0.05, 0.1) is 23.8 Å². The summed E-state index contributed by atoms with van der Waals surface area (Å²) in [5, 5.41) is 25.1. The molecule has 10 heteroatoms. The zero-order valence-electron chi connectivity index (χ0n) is 20.4. The molecule has 0 radical (unpaired) electrons. The molecule has 1 atom stereocenters. The van der Waals surface area contributed by atoms with Crippen LogP contribution in [0.1, 0.15) is 66.0 Å². The molecule has 37 heavy (non-hydrogen) atoms. The highest BCUT2D eigenvalue weighted by Crippen LogP contribution is 2.41. The topological polar surface area (TPSA) is 135 Å². The van der Waals surface area contributed by atoms with Gasteiger partial charge in [-0.1, -0.05) is 30.3 Å². The molecule has 6 rings (SSSR count). The van der Waals surface area contributed by atoms with Crippen molar-refractivity contribution in [1.29, 1.82) is 0 Å². The van der Waals surface area contributed by atoms with Crippen molar-refractivity contribution in [3.8, 4) is 11.5 Å². The quantitative estimate of drug-likeness (QED) is 0.293. The molecule has 10 nitrogen and oxygen atoms in total. The van der Waals surface area contributed by atoms with Crippen molar-refractivity contribution in [1.82, 2.24) is 20.2 Å². The Morgan fingerprint density at radius 2 is 1.92 bits per heavy atom. The summed E-state index contributed by atoms with van der Waals surface area (Å²) in [4.78, 5) is 21.3. The van der Waals surface area contributed by atoms with Crippen molar-refractivity contribution in [3.63, 3.8) is 0 Å². The number of cyclic esters (lactones) is 1.